The monoisotopic (exact) mass is 321 g/mol. The Morgan fingerprint density at radius 2 is 2.00 bits per heavy atom. The molecule has 0 aliphatic rings. The molecule has 0 atom stereocenters. The predicted molar refractivity (Wildman–Crippen MR) is 76.8 cm³/mol. The summed E-state index contributed by atoms with van der Waals surface area (Å²) in [6, 6.07) is 11.8. The van der Waals surface area contributed by atoms with Crippen LogP contribution in [0.1, 0.15) is 10.4 Å². The standard InChI is InChI=1S/C14H12BrNO3/c1-19-13-5-3-2-4-11(13)16-14(18)10-7-6-9(15)8-12(10)17/h2-8,17H,1H3,(H,16,18). The van der Waals surface area contributed by atoms with Crippen molar-refractivity contribution in [2.75, 3.05) is 12.4 Å². The lowest BCUT2D eigenvalue weighted by atomic mass is 10.2. The molecule has 5 heteroatoms. The number of halogens is 1. The van der Waals surface area contributed by atoms with E-state index < -0.39 is 5.91 Å². The molecule has 2 aromatic carbocycles. The second kappa shape index (κ2) is 5.75. The van der Waals surface area contributed by atoms with E-state index in [-0.39, 0.29) is 11.3 Å². The SMILES string of the molecule is COc1ccccc1NC(=O)c1ccc(Br)cc1O. The number of rotatable bonds is 3. The van der Waals surface area contributed by atoms with E-state index in [9.17, 15) is 9.90 Å². The lowest BCUT2D eigenvalue weighted by Crippen LogP contribution is -2.12. The largest absolute Gasteiger partial charge is 0.507 e. The summed E-state index contributed by atoms with van der Waals surface area (Å²) in [6.07, 6.45) is 0. The molecule has 0 radical (unpaired) electrons. The summed E-state index contributed by atoms with van der Waals surface area (Å²) in [7, 11) is 1.53. The second-order valence-electron chi connectivity index (χ2n) is 3.82. The van der Waals surface area contributed by atoms with Gasteiger partial charge >= 0.3 is 0 Å². The van der Waals surface area contributed by atoms with Gasteiger partial charge in [0.1, 0.15) is 11.5 Å². The third-order valence-corrected chi connectivity index (χ3v) is 3.05. The molecule has 98 valence electrons. The molecule has 0 unspecified atom stereocenters. The van der Waals surface area contributed by atoms with Crippen LogP contribution in [0.15, 0.2) is 46.9 Å². The fraction of sp³-hybridized carbons (Fsp3) is 0.0714. The zero-order chi connectivity index (χ0) is 13.8. The van der Waals surface area contributed by atoms with Gasteiger partial charge in [-0.3, -0.25) is 4.79 Å². The third kappa shape index (κ3) is 3.06. The number of hydrogen-bond donors (Lipinski definition) is 2. The molecule has 2 aromatic rings. The van der Waals surface area contributed by atoms with E-state index in [0.717, 1.165) is 0 Å². The van der Waals surface area contributed by atoms with E-state index in [1.54, 1.807) is 30.3 Å². The van der Waals surface area contributed by atoms with Gasteiger partial charge in [0, 0.05) is 4.47 Å². The lowest BCUT2D eigenvalue weighted by Gasteiger charge is -2.10. The van der Waals surface area contributed by atoms with Crippen molar-refractivity contribution in [3.63, 3.8) is 0 Å². The average Bonchev–Trinajstić information content (AvgIpc) is 2.39. The van der Waals surface area contributed by atoms with Crippen LogP contribution >= 0.6 is 15.9 Å². The number of nitrogens with one attached hydrogen (secondary N) is 1. The number of para-hydroxylation sites is 2. The van der Waals surface area contributed by atoms with Gasteiger partial charge in [-0.25, -0.2) is 0 Å². The highest BCUT2D eigenvalue weighted by molar-refractivity contribution is 9.10. The minimum Gasteiger partial charge on any atom is -0.507 e. The summed E-state index contributed by atoms with van der Waals surface area (Å²) in [6.45, 7) is 0. The molecule has 0 aromatic heterocycles. The van der Waals surface area contributed by atoms with Crippen LogP contribution in [0.3, 0.4) is 0 Å². The molecule has 0 saturated heterocycles. The summed E-state index contributed by atoms with van der Waals surface area (Å²) in [5.74, 6) is 0.0868. The van der Waals surface area contributed by atoms with Crippen LogP contribution in [0.5, 0.6) is 11.5 Å². The van der Waals surface area contributed by atoms with Crippen molar-refractivity contribution < 1.29 is 14.6 Å². The highest BCUT2D eigenvalue weighted by atomic mass is 79.9. The molecule has 0 saturated carbocycles. The van der Waals surface area contributed by atoms with E-state index in [1.165, 1.54) is 13.2 Å². The predicted octanol–water partition coefficient (Wildman–Crippen LogP) is 3.42. The maximum atomic E-state index is 12.1. The number of amides is 1. The van der Waals surface area contributed by atoms with Crippen LogP contribution in [0.2, 0.25) is 0 Å². The van der Waals surface area contributed by atoms with Crippen molar-refractivity contribution in [1.29, 1.82) is 0 Å². The van der Waals surface area contributed by atoms with Gasteiger partial charge in [0.25, 0.3) is 5.91 Å². The number of hydrogen-bond acceptors (Lipinski definition) is 3. The number of carbonyl (C=O) groups is 1. The molecular weight excluding hydrogens is 310 g/mol. The Labute approximate surface area is 119 Å². The number of phenolic OH excluding ortho intramolecular Hbond substituents is 1. The smallest absolute Gasteiger partial charge is 0.259 e. The minimum absolute atomic E-state index is 0.0817. The zero-order valence-electron chi connectivity index (χ0n) is 10.2. The quantitative estimate of drug-likeness (QED) is 0.910. The first kappa shape index (κ1) is 13.4. The molecule has 1 amide bonds. The molecule has 0 heterocycles. The number of anilines is 1. The lowest BCUT2D eigenvalue weighted by molar-refractivity contribution is 0.102. The number of methoxy groups -OCH3 is 1. The number of ether oxygens (including phenoxy) is 1. The molecule has 19 heavy (non-hydrogen) atoms. The van der Waals surface area contributed by atoms with Gasteiger partial charge in [-0.15, -0.1) is 0 Å². The maximum Gasteiger partial charge on any atom is 0.259 e. The van der Waals surface area contributed by atoms with Gasteiger partial charge < -0.3 is 15.2 Å². The third-order valence-electron chi connectivity index (χ3n) is 2.56. The summed E-state index contributed by atoms with van der Waals surface area (Å²) < 4.78 is 5.85. The molecule has 0 fully saturated rings. The van der Waals surface area contributed by atoms with Crippen LogP contribution in [-0.4, -0.2) is 18.1 Å². The molecular formula is C14H12BrNO3. The molecule has 0 spiro atoms. The summed E-state index contributed by atoms with van der Waals surface area (Å²) in [4.78, 5) is 12.1. The van der Waals surface area contributed by atoms with Gasteiger partial charge in [0.15, 0.2) is 0 Å². The molecule has 4 nitrogen and oxygen atoms in total. The fourth-order valence-corrected chi connectivity index (χ4v) is 1.98. The minimum atomic E-state index is -0.394. The highest BCUT2D eigenvalue weighted by Gasteiger charge is 2.13. The number of aromatic hydroxyl groups is 1. The zero-order valence-corrected chi connectivity index (χ0v) is 11.8. The van der Waals surface area contributed by atoms with Crippen molar-refractivity contribution in [2.45, 2.75) is 0 Å². The summed E-state index contributed by atoms with van der Waals surface area (Å²) in [5.41, 5.74) is 0.756. The van der Waals surface area contributed by atoms with Gasteiger partial charge in [-0.05, 0) is 30.3 Å². The maximum absolute atomic E-state index is 12.1. The molecule has 2 rings (SSSR count). The Balaban J connectivity index is 2.26. The number of phenols is 1. The second-order valence-corrected chi connectivity index (χ2v) is 4.73. The van der Waals surface area contributed by atoms with Gasteiger partial charge in [0.05, 0.1) is 18.4 Å². The molecule has 0 aliphatic heterocycles. The van der Waals surface area contributed by atoms with Crippen molar-refractivity contribution in [3.05, 3.63) is 52.5 Å². The fourth-order valence-electron chi connectivity index (χ4n) is 1.63. The van der Waals surface area contributed by atoms with Crippen molar-refractivity contribution in [1.82, 2.24) is 0 Å². The van der Waals surface area contributed by atoms with Gasteiger partial charge in [-0.2, -0.15) is 0 Å². The molecule has 2 N–H and O–H groups in total. The Morgan fingerprint density at radius 3 is 2.68 bits per heavy atom. The van der Waals surface area contributed by atoms with E-state index >= 15 is 0 Å². The van der Waals surface area contributed by atoms with Crippen LogP contribution < -0.4 is 10.1 Å². The first-order valence-corrected chi connectivity index (χ1v) is 6.34. The topological polar surface area (TPSA) is 58.6 Å². The Bertz CT molecular complexity index is 613. The van der Waals surface area contributed by atoms with E-state index in [2.05, 4.69) is 21.2 Å². The van der Waals surface area contributed by atoms with E-state index in [1.807, 2.05) is 6.07 Å². The van der Waals surface area contributed by atoms with Crippen molar-refractivity contribution >= 4 is 27.5 Å². The highest BCUT2D eigenvalue weighted by Crippen LogP contribution is 2.26. The Morgan fingerprint density at radius 1 is 1.26 bits per heavy atom. The van der Waals surface area contributed by atoms with Crippen LogP contribution in [0.25, 0.3) is 0 Å². The molecule has 0 aliphatic carbocycles. The van der Waals surface area contributed by atoms with E-state index in [0.29, 0.717) is 15.9 Å². The number of benzene rings is 2. The van der Waals surface area contributed by atoms with Gasteiger partial charge in [-0.1, -0.05) is 28.1 Å². The van der Waals surface area contributed by atoms with Crippen molar-refractivity contribution in [3.8, 4) is 11.5 Å². The molecule has 0 bridgehead atoms. The first-order chi connectivity index (χ1) is 9.11. The first-order valence-electron chi connectivity index (χ1n) is 5.54. The van der Waals surface area contributed by atoms with E-state index in [4.69, 9.17) is 4.74 Å². The summed E-state index contributed by atoms with van der Waals surface area (Å²) in [5, 5.41) is 12.4. The van der Waals surface area contributed by atoms with Crippen LogP contribution in [-0.2, 0) is 0 Å². The number of carbonyl (C=O) groups excluding carboxylic acids is 1. The van der Waals surface area contributed by atoms with Crippen LogP contribution in [0.4, 0.5) is 5.69 Å². The Hall–Kier alpha value is -2.01. The van der Waals surface area contributed by atoms with Crippen LogP contribution in [0, 0.1) is 0 Å². The summed E-state index contributed by atoms with van der Waals surface area (Å²) >= 11 is 3.22. The normalized spacial score (nSPS) is 10.0. The average molecular weight is 322 g/mol. The van der Waals surface area contributed by atoms with Gasteiger partial charge in [0.2, 0.25) is 0 Å². The van der Waals surface area contributed by atoms with Crippen molar-refractivity contribution in [2.24, 2.45) is 0 Å². The Kier molecular flexibility index (Phi) is 4.06.